The van der Waals surface area contributed by atoms with Crippen LogP contribution in [0.4, 0.5) is 0 Å². The molecule has 0 aliphatic heterocycles. The van der Waals surface area contributed by atoms with Gasteiger partial charge in [-0.15, -0.1) is 0 Å². The number of carbonyl (C=O) groups excluding carboxylic acids is 3. The quantitative estimate of drug-likeness (QED) is 0.342. The molecule has 0 aromatic rings. The molecule has 38 heavy (non-hydrogen) atoms. The SMILES string of the molecule is CC(=O)O[C@H]1CC[C@@]2(C)C(=CC[C@@H]3[C@@H]2CC[C@@]2(C)[C@H]3C[C@@H](OC(C)=O)[C@]2(O)C(C)C(=O)CCC(C)CO)C1. The van der Waals surface area contributed by atoms with Crippen molar-refractivity contribution in [2.24, 2.45) is 40.4 Å². The molecule has 0 saturated heterocycles. The van der Waals surface area contributed by atoms with Gasteiger partial charge in [0.15, 0.2) is 0 Å². The van der Waals surface area contributed by atoms with E-state index in [1.807, 2.05) is 6.92 Å². The van der Waals surface area contributed by atoms with Gasteiger partial charge in [-0.05, 0) is 74.0 Å². The average Bonchev–Trinajstić information content (AvgIpc) is 3.08. The first-order valence-corrected chi connectivity index (χ1v) is 14.7. The number of carbonyl (C=O) groups is 3. The summed E-state index contributed by atoms with van der Waals surface area (Å²) in [4.78, 5) is 37.2. The molecule has 2 N–H and O–H groups in total. The van der Waals surface area contributed by atoms with Crippen LogP contribution in [0.15, 0.2) is 11.6 Å². The number of Topliss-reactive ketones (excluding diaryl/α,β-unsaturated/α-hetero) is 1. The molecular formula is C31H48O7. The van der Waals surface area contributed by atoms with Gasteiger partial charge in [0.25, 0.3) is 0 Å². The third kappa shape index (κ3) is 4.76. The Balaban J connectivity index is 1.63. The van der Waals surface area contributed by atoms with Gasteiger partial charge in [0.2, 0.25) is 0 Å². The summed E-state index contributed by atoms with van der Waals surface area (Å²) in [5.41, 5.74) is -0.569. The number of hydrogen-bond acceptors (Lipinski definition) is 7. The molecule has 10 atom stereocenters. The van der Waals surface area contributed by atoms with Gasteiger partial charge >= 0.3 is 11.9 Å². The van der Waals surface area contributed by atoms with Crippen molar-refractivity contribution in [3.63, 3.8) is 0 Å². The highest BCUT2D eigenvalue weighted by Crippen LogP contribution is 2.68. The Morgan fingerprint density at radius 3 is 2.37 bits per heavy atom. The summed E-state index contributed by atoms with van der Waals surface area (Å²) in [6, 6.07) is 0. The van der Waals surface area contributed by atoms with Crippen LogP contribution in [0.25, 0.3) is 0 Å². The van der Waals surface area contributed by atoms with E-state index in [1.165, 1.54) is 19.4 Å². The molecule has 2 unspecified atom stereocenters. The molecule has 0 aromatic heterocycles. The van der Waals surface area contributed by atoms with E-state index < -0.39 is 29.0 Å². The molecule has 7 nitrogen and oxygen atoms in total. The van der Waals surface area contributed by atoms with Crippen LogP contribution in [0.5, 0.6) is 0 Å². The monoisotopic (exact) mass is 532 g/mol. The second-order valence-corrected chi connectivity index (χ2v) is 13.4. The Bertz CT molecular complexity index is 973. The smallest absolute Gasteiger partial charge is 0.303 e. The second-order valence-electron chi connectivity index (χ2n) is 13.4. The number of ether oxygens (including phenoxy) is 2. The van der Waals surface area contributed by atoms with E-state index in [0.29, 0.717) is 31.1 Å². The average molecular weight is 533 g/mol. The van der Waals surface area contributed by atoms with Crippen LogP contribution in [-0.4, -0.2) is 52.4 Å². The maximum Gasteiger partial charge on any atom is 0.303 e. The summed E-state index contributed by atoms with van der Waals surface area (Å²) < 4.78 is 11.4. The zero-order chi connectivity index (χ0) is 28.0. The first-order valence-electron chi connectivity index (χ1n) is 14.7. The van der Waals surface area contributed by atoms with Crippen molar-refractivity contribution in [2.75, 3.05) is 6.61 Å². The van der Waals surface area contributed by atoms with E-state index in [-0.39, 0.29) is 41.7 Å². The molecule has 4 aliphatic carbocycles. The lowest BCUT2D eigenvalue weighted by Crippen LogP contribution is -2.61. The Labute approximate surface area is 227 Å². The molecule has 0 spiro atoms. The minimum absolute atomic E-state index is 0.0207. The standard InChI is InChI=1S/C31H48O7/c1-18(17-32)7-10-27(35)19(2)31(36)28(38-21(4)34)16-26-24-9-8-22-15-23(37-20(3)33)11-13-29(22,5)25(24)12-14-30(26,31)6/h8,18-19,23-26,28,32,36H,7,9-17H2,1-6H3/t18?,19?,23-,24+,25-,26-,28+,29-,30-,31+/m0/s1. The molecule has 0 heterocycles. The van der Waals surface area contributed by atoms with E-state index >= 15 is 0 Å². The summed E-state index contributed by atoms with van der Waals surface area (Å²) in [5.74, 6) is -0.438. The van der Waals surface area contributed by atoms with E-state index in [9.17, 15) is 24.6 Å². The molecule has 0 bridgehead atoms. The number of fused-ring (bicyclic) bond motifs is 5. The van der Waals surface area contributed by atoms with Crippen molar-refractivity contribution in [3.8, 4) is 0 Å². The van der Waals surface area contributed by atoms with Gasteiger partial charge in [-0.2, -0.15) is 0 Å². The van der Waals surface area contributed by atoms with Gasteiger partial charge in [0, 0.05) is 44.6 Å². The normalized spacial score (nSPS) is 41.6. The highest BCUT2D eigenvalue weighted by Gasteiger charge is 2.70. The van der Waals surface area contributed by atoms with Gasteiger partial charge in [0.05, 0.1) is 0 Å². The number of allylic oxidation sites excluding steroid dienone is 1. The molecule has 7 heteroatoms. The Morgan fingerprint density at radius 2 is 1.74 bits per heavy atom. The highest BCUT2D eigenvalue weighted by atomic mass is 16.6. The zero-order valence-corrected chi connectivity index (χ0v) is 24.1. The Kier molecular flexibility index (Phi) is 8.22. The fourth-order valence-electron chi connectivity index (χ4n) is 9.05. The van der Waals surface area contributed by atoms with Gasteiger partial charge < -0.3 is 19.7 Å². The lowest BCUT2D eigenvalue weighted by atomic mass is 9.46. The predicted molar refractivity (Wildman–Crippen MR) is 143 cm³/mol. The van der Waals surface area contributed by atoms with Crippen molar-refractivity contribution in [3.05, 3.63) is 11.6 Å². The fourth-order valence-corrected chi connectivity index (χ4v) is 9.05. The molecule has 0 aromatic carbocycles. The molecule has 3 fully saturated rings. The van der Waals surface area contributed by atoms with Gasteiger partial charge in [-0.1, -0.05) is 39.3 Å². The van der Waals surface area contributed by atoms with E-state index in [1.54, 1.807) is 6.92 Å². The lowest BCUT2D eigenvalue weighted by molar-refractivity contribution is -0.197. The van der Waals surface area contributed by atoms with Gasteiger partial charge in [-0.25, -0.2) is 0 Å². The molecule has 4 aliphatic rings. The first kappa shape index (κ1) is 29.3. The molecule has 0 amide bonds. The zero-order valence-electron chi connectivity index (χ0n) is 24.1. The van der Waals surface area contributed by atoms with Crippen molar-refractivity contribution in [1.82, 2.24) is 0 Å². The summed E-state index contributed by atoms with van der Waals surface area (Å²) in [6.45, 7) is 11.1. The number of aliphatic hydroxyl groups is 2. The topological polar surface area (TPSA) is 110 Å². The van der Waals surface area contributed by atoms with Crippen LogP contribution in [-0.2, 0) is 23.9 Å². The van der Waals surface area contributed by atoms with E-state index in [4.69, 9.17) is 9.47 Å². The van der Waals surface area contributed by atoms with Crippen LogP contribution in [0.3, 0.4) is 0 Å². The van der Waals surface area contributed by atoms with Crippen molar-refractivity contribution in [1.29, 1.82) is 0 Å². The molecule has 4 rings (SSSR count). The minimum atomic E-state index is -1.44. The molecule has 3 saturated carbocycles. The highest BCUT2D eigenvalue weighted by molar-refractivity contribution is 5.82. The predicted octanol–water partition coefficient (Wildman–Crippen LogP) is 4.77. The second kappa shape index (κ2) is 10.7. The van der Waals surface area contributed by atoms with Crippen molar-refractivity contribution >= 4 is 17.7 Å². The third-order valence-electron chi connectivity index (χ3n) is 11.3. The number of esters is 2. The number of ketones is 1. The van der Waals surface area contributed by atoms with Crippen LogP contribution in [0.2, 0.25) is 0 Å². The lowest BCUT2D eigenvalue weighted by Gasteiger charge is -2.59. The molecule has 214 valence electrons. The Morgan fingerprint density at radius 1 is 1.05 bits per heavy atom. The summed E-state index contributed by atoms with van der Waals surface area (Å²) in [5, 5.41) is 21.9. The van der Waals surface area contributed by atoms with Crippen molar-refractivity contribution in [2.45, 2.75) is 117 Å². The summed E-state index contributed by atoms with van der Waals surface area (Å²) in [6.07, 6.45) is 8.23. The van der Waals surface area contributed by atoms with Crippen LogP contribution < -0.4 is 0 Å². The van der Waals surface area contributed by atoms with E-state index in [2.05, 4.69) is 19.9 Å². The third-order valence-corrected chi connectivity index (χ3v) is 11.3. The maximum atomic E-state index is 13.4. The number of rotatable bonds is 8. The maximum absolute atomic E-state index is 13.4. The summed E-state index contributed by atoms with van der Waals surface area (Å²) in [7, 11) is 0. The van der Waals surface area contributed by atoms with Crippen LogP contribution >= 0.6 is 0 Å². The van der Waals surface area contributed by atoms with Crippen molar-refractivity contribution < 1.29 is 34.1 Å². The number of hydrogen-bond donors (Lipinski definition) is 2. The number of aliphatic hydroxyl groups excluding tert-OH is 1. The first-order chi connectivity index (χ1) is 17.8. The largest absolute Gasteiger partial charge is 0.462 e. The van der Waals surface area contributed by atoms with Crippen LogP contribution in [0.1, 0.15) is 99.3 Å². The minimum Gasteiger partial charge on any atom is -0.462 e. The summed E-state index contributed by atoms with van der Waals surface area (Å²) >= 11 is 0. The molecule has 0 radical (unpaired) electrons. The Hall–Kier alpha value is -1.73. The van der Waals surface area contributed by atoms with Crippen LogP contribution in [0, 0.1) is 40.4 Å². The van der Waals surface area contributed by atoms with E-state index in [0.717, 1.165) is 38.5 Å². The molecular weight excluding hydrogens is 484 g/mol. The fraction of sp³-hybridized carbons (Fsp3) is 0.839. The van der Waals surface area contributed by atoms with Gasteiger partial charge in [-0.3, -0.25) is 14.4 Å². The van der Waals surface area contributed by atoms with Gasteiger partial charge in [0.1, 0.15) is 23.6 Å².